The highest BCUT2D eigenvalue weighted by Crippen LogP contribution is 2.44. The summed E-state index contributed by atoms with van der Waals surface area (Å²) in [6.45, 7) is 0.985. The topological polar surface area (TPSA) is 83.5 Å². The minimum absolute atomic E-state index is 0.0213. The molecule has 2 heterocycles. The average Bonchev–Trinajstić information content (AvgIpc) is 2.86. The van der Waals surface area contributed by atoms with Gasteiger partial charge in [-0.05, 0) is 18.2 Å². The first-order valence-corrected chi connectivity index (χ1v) is 11.1. The van der Waals surface area contributed by atoms with Gasteiger partial charge in [0.25, 0.3) is 0 Å². The summed E-state index contributed by atoms with van der Waals surface area (Å²) in [7, 11) is 6.24. The third kappa shape index (κ3) is 4.53. The van der Waals surface area contributed by atoms with E-state index in [9.17, 15) is 9.59 Å². The lowest BCUT2D eigenvalue weighted by Crippen LogP contribution is -2.52. The molecule has 1 saturated heterocycles. The van der Waals surface area contributed by atoms with Gasteiger partial charge in [0.15, 0.2) is 5.78 Å². The number of Topliss-reactive ketones (excluding diaryl/α,β-unsaturated/α-hetero) is 1. The first-order valence-electron chi connectivity index (χ1n) is 11.1. The molecule has 2 aliphatic heterocycles. The van der Waals surface area contributed by atoms with Crippen LogP contribution >= 0.6 is 0 Å². The van der Waals surface area contributed by atoms with E-state index in [1.165, 1.54) is 7.11 Å². The van der Waals surface area contributed by atoms with Crippen molar-refractivity contribution in [2.45, 2.75) is 24.9 Å². The van der Waals surface area contributed by atoms with Crippen molar-refractivity contribution in [3.8, 4) is 28.7 Å². The minimum Gasteiger partial charge on any atom is -0.497 e. The summed E-state index contributed by atoms with van der Waals surface area (Å²) in [5.41, 5.74) is 0.593. The number of piperidine rings is 1. The summed E-state index contributed by atoms with van der Waals surface area (Å²) in [6, 6.07) is 8.83. The quantitative estimate of drug-likeness (QED) is 0.598. The molecule has 2 aromatic rings. The summed E-state index contributed by atoms with van der Waals surface area (Å²) in [6.07, 6.45) is 4.65. The fraction of sp³-hybridized carbons (Fsp3) is 0.385. The number of carbonyl (C=O) groups excluding carboxylic acids is 2. The number of carbonyl (C=O) groups is 2. The van der Waals surface area contributed by atoms with Gasteiger partial charge >= 0.3 is 0 Å². The van der Waals surface area contributed by atoms with E-state index in [1.54, 1.807) is 56.6 Å². The molecule has 34 heavy (non-hydrogen) atoms. The van der Waals surface area contributed by atoms with Crippen molar-refractivity contribution in [2.75, 3.05) is 41.5 Å². The van der Waals surface area contributed by atoms with Gasteiger partial charge in [-0.15, -0.1) is 0 Å². The van der Waals surface area contributed by atoms with Crippen LogP contribution < -0.4 is 23.7 Å². The molecule has 8 heteroatoms. The summed E-state index contributed by atoms with van der Waals surface area (Å²) >= 11 is 0. The number of nitrogens with zero attached hydrogens (tertiary/aromatic N) is 1. The molecular weight excluding hydrogens is 438 g/mol. The van der Waals surface area contributed by atoms with Crippen LogP contribution in [0, 0.1) is 0 Å². The molecule has 0 N–H and O–H groups in total. The highest BCUT2D eigenvalue weighted by atomic mass is 16.5. The van der Waals surface area contributed by atoms with Gasteiger partial charge in [0.2, 0.25) is 5.91 Å². The van der Waals surface area contributed by atoms with Crippen molar-refractivity contribution in [1.82, 2.24) is 4.90 Å². The number of amides is 1. The Morgan fingerprint density at radius 3 is 2.26 bits per heavy atom. The SMILES string of the molecule is COc1ccc(/C=C/C(=O)N2CCC3(CC2)CC(=O)c2c(OC)cc(OC)cc2O3)c(OC)c1. The van der Waals surface area contributed by atoms with Crippen molar-refractivity contribution in [2.24, 2.45) is 0 Å². The van der Waals surface area contributed by atoms with Crippen molar-refractivity contribution < 1.29 is 33.3 Å². The predicted molar refractivity (Wildman–Crippen MR) is 126 cm³/mol. The number of rotatable bonds is 6. The van der Waals surface area contributed by atoms with Crippen LogP contribution in [0.25, 0.3) is 6.08 Å². The van der Waals surface area contributed by atoms with E-state index in [-0.39, 0.29) is 18.1 Å². The average molecular weight is 468 g/mol. The van der Waals surface area contributed by atoms with Crippen molar-refractivity contribution >= 4 is 17.8 Å². The Kier molecular flexibility index (Phi) is 6.68. The lowest BCUT2D eigenvalue weighted by atomic mass is 9.82. The van der Waals surface area contributed by atoms with Gasteiger partial charge < -0.3 is 28.6 Å². The Bertz CT molecular complexity index is 1120. The first kappa shape index (κ1) is 23.5. The molecule has 1 spiro atoms. The maximum absolute atomic E-state index is 13.0. The largest absolute Gasteiger partial charge is 0.497 e. The predicted octanol–water partition coefficient (Wildman–Crippen LogP) is 3.76. The number of hydrogen-bond donors (Lipinski definition) is 0. The van der Waals surface area contributed by atoms with Gasteiger partial charge in [-0.25, -0.2) is 0 Å². The van der Waals surface area contributed by atoms with Crippen LogP contribution in [-0.4, -0.2) is 63.7 Å². The molecule has 180 valence electrons. The molecule has 4 rings (SSSR count). The molecule has 0 aliphatic carbocycles. The molecule has 0 unspecified atom stereocenters. The molecular formula is C26H29NO7. The number of ketones is 1. The maximum atomic E-state index is 13.0. The summed E-state index contributed by atoms with van der Waals surface area (Å²) in [5.74, 6) is 2.66. The van der Waals surface area contributed by atoms with Gasteiger partial charge in [0.1, 0.15) is 39.9 Å². The van der Waals surface area contributed by atoms with Crippen molar-refractivity contribution in [3.63, 3.8) is 0 Å². The Morgan fingerprint density at radius 1 is 0.941 bits per heavy atom. The normalized spacial score (nSPS) is 16.7. The van der Waals surface area contributed by atoms with E-state index in [0.717, 1.165) is 5.56 Å². The minimum atomic E-state index is -0.638. The van der Waals surface area contributed by atoms with Crippen LogP contribution in [0.4, 0.5) is 0 Å². The number of likely N-dealkylation sites (tertiary alicyclic amines) is 1. The second-order valence-corrected chi connectivity index (χ2v) is 8.35. The second-order valence-electron chi connectivity index (χ2n) is 8.35. The van der Waals surface area contributed by atoms with Crippen LogP contribution in [0.5, 0.6) is 28.7 Å². The molecule has 0 bridgehead atoms. The summed E-state index contributed by atoms with van der Waals surface area (Å²) in [5, 5.41) is 0. The van der Waals surface area contributed by atoms with Crippen molar-refractivity contribution in [1.29, 1.82) is 0 Å². The number of hydrogen-bond acceptors (Lipinski definition) is 7. The molecule has 0 aromatic heterocycles. The maximum Gasteiger partial charge on any atom is 0.246 e. The molecule has 8 nitrogen and oxygen atoms in total. The molecule has 0 atom stereocenters. The monoisotopic (exact) mass is 467 g/mol. The highest BCUT2D eigenvalue weighted by Gasteiger charge is 2.44. The zero-order valence-electron chi connectivity index (χ0n) is 19.9. The highest BCUT2D eigenvalue weighted by molar-refractivity contribution is 6.03. The Hall–Kier alpha value is -3.68. The fourth-order valence-electron chi connectivity index (χ4n) is 4.49. The molecule has 1 amide bonds. The third-order valence-corrected chi connectivity index (χ3v) is 6.42. The molecule has 2 aliphatic rings. The van der Waals surface area contributed by atoms with Gasteiger partial charge in [0.05, 0.1) is 34.9 Å². The second kappa shape index (κ2) is 9.67. The zero-order chi connectivity index (χ0) is 24.3. The number of benzene rings is 2. The number of fused-ring (bicyclic) bond motifs is 1. The fourth-order valence-corrected chi connectivity index (χ4v) is 4.49. The zero-order valence-corrected chi connectivity index (χ0v) is 19.9. The van der Waals surface area contributed by atoms with Gasteiger partial charge in [-0.1, -0.05) is 0 Å². The smallest absolute Gasteiger partial charge is 0.246 e. The van der Waals surface area contributed by atoms with E-state index in [1.807, 2.05) is 12.1 Å². The number of ether oxygens (including phenoxy) is 5. The van der Waals surface area contributed by atoms with Gasteiger partial charge in [0, 0.05) is 55.8 Å². The molecule has 1 fully saturated rings. The van der Waals surface area contributed by atoms with Crippen LogP contribution in [-0.2, 0) is 4.79 Å². The molecule has 0 radical (unpaired) electrons. The third-order valence-electron chi connectivity index (χ3n) is 6.42. The van der Waals surface area contributed by atoms with E-state index in [2.05, 4.69) is 0 Å². The lowest BCUT2D eigenvalue weighted by molar-refractivity contribution is -0.129. The van der Waals surface area contributed by atoms with E-state index in [4.69, 9.17) is 23.7 Å². The van der Waals surface area contributed by atoms with E-state index < -0.39 is 5.60 Å². The molecule has 2 aromatic carbocycles. The van der Waals surface area contributed by atoms with Crippen LogP contribution in [0.3, 0.4) is 0 Å². The number of methoxy groups -OCH3 is 4. The van der Waals surface area contributed by atoms with Crippen LogP contribution in [0.1, 0.15) is 35.2 Å². The summed E-state index contributed by atoms with van der Waals surface area (Å²) < 4.78 is 27.7. The van der Waals surface area contributed by atoms with Crippen LogP contribution in [0.2, 0.25) is 0 Å². The standard InChI is InChI=1S/C26H29NO7/c1-30-18-7-5-17(21(13-18)32-3)6-8-24(29)27-11-9-26(10-12-27)16-20(28)25-22(33-4)14-19(31-2)15-23(25)34-26/h5-8,13-15H,9-12,16H2,1-4H3/b8-6+. The lowest BCUT2D eigenvalue weighted by Gasteiger charge is -2.44. The first-order chi connectivity index (χ1) is 16.4. The van der Waals surface area contributed by atoms with Crippen LogP contribution in [0.15, 0.2) is 36.4 Å². The van der Waals surface area contributed by atoms with E-state index >= 15 is 0 Å². The van der Waals surface area contributed by atoms with E-state index in [0.29, 0.717) is 60.2 Å². The summed E-state index contributed by atoms with van der Waals surface area (Å²) in [4.78, 5) is 27.6. The molecule has 0 saturated carbocycles. The van der Waals surface area contributed by atoms with Gasteiger partial charge in [-0.3, -0.25) is 9.59 Å². The Labute approximate surface area is 199 Å². The Morgan fingerprint density at radius 2 is 1.62 bits per heavy atom. The Balaban J connectivity index is 1.45. The van der Waals surface area contributed by atoms with Crippen molar-refractivity contribution in [3.05, 3.63) is 47.5 Å². The van der Waals surface area contributed by atoms with Gasteiger partial charge in [-0.2, -0.15) is 0 Å².